The summed E-state index contributed by atoms with van der Waals surface area (Å²) in [5.74, 6) is -3.22. The highest BCUT2D eigenvalue weighted by atomic mass is 19.1. The Kier molecular flexibility index (Phi) is 6.70. The van der Waals surface area contributed by atoms with Gasteiger partial charge in [-0.2, -0.15) is 0 Å². The van der Waals surface area contributed by atoms with Crippen LogP contribution < -0.4 is 16.4 Å². The van der Waals surface area contributed by atoms with Crippen LogP contribution in [0.3, 0.4) is 0 Å². The van der Waals surface area contributed by atoms with Crippen molar-refractivity contribution in [3.63, 3.8) is 0 Å². The minimum Gasteiger partial charge on any atom is -0.383 e. The third-order valence-electron chi connectivity index (χ3n) is 2.58. The summed E-state index contributed by atoms with van der Waals surface area (Å²) < 4.78 is 31.4. The normalized spacial score (nSPS) is 11.8. The van der Waals surface area contributed by atoms with Crippen LogP contribution in [0.2, 0.25) is 0 Å². The van der Waals surface area contributed by atoms with E-state index < -0.39 is 35.1 Å². The minimum atomic E-state index is -0.946. The van der Waals surface area contributed by atoms with Gasteiger partial charge in [-0.1, -0.05) is 6.07 Å². The van der Waals surface area contributed by atoms with E-state index in [2.05, 4.69) is 10.6 Å². The molecule has 1 aromatic rings. The van der Waals surface area contributed by atoms with Gasteiger partial charge in [0.05, 0.1) is 6.61 Å². The van der Waals surface area contributed by atoms with Crippen molar-refractivity contribution < 1.29 is 23.1 Å². The number of benzene rings is 1. The zero-order valence-corrected chi connectivity index (χ0v) is 11.5. The lowest BCUT2D eigenvalue weighted by molar-refractivity contribution is -0.123. The molecule has 4 N–H and O–H groups in total. The molecular weight excluding hydrogens is 284 g/mol. The fourth-order valence-corrected chi connectivity index (χ4v) is 1.55. The van der Waals surface area contributed by atoms with Gasteiger partial charge in [0.15, 0.2) is 0 Å². The van der Waals surface area contributed by atoms with Gasteiger partial charge in [-0.3, -0.25) is 9.59 Å². The van der Waals surface area contributed by atoms with Crippen LogP contribution in [0.4, 0.5) is 8.78 Å². The Morgan fingerprint density at radius 2 is 1.81 bits per heavy atom. The van der Waals surface area contributed by atoms with Gasteiger partial charge in [-0.15, -0.1) is 0 Å². The first-order valence-electron chi connectivity index (χ1n) is 6.21. The molecule has 0 spiro atoms. The van der Waals surface area contributed by atoms with Crippen molar-refractivity contribution in [1.29, 1.82) is 0 Å². The van der Waals surface area contributed by atoms with Crippen LogP contribution in [0.25, 0.3) is 0 Å². The first kappa shape index (κ1) is 17.0. The Morgan fingerprint density at radius 1 is 1.24 bits per heavy atom. The summed E-state index contributed by atoms with van der Waals surface area (Å²) in [7, 11) is 1.41. The molecule has 8 heteroatoms. The van der Waals surface area contributed by atoms with Gasteiger partial charge in [-0.05, 0) is 12.1 Å². The lowest BCUT2D eigenvalue weighted by Gasteiger charge is -2.11. The first-order chi connectivity index (χ1) is 9.97. The van der Waals surface area contributed by atoms with Crippen molar-refractivity contribution in [1.82, 2.24) is 10.6 Å². The highest BCUT2D eigenvalue weighted by molar-refractivity contribution is 5.94. The van der Waals surface area contributed by atoms with E-state index in [1.165, 1.54) is 13.2 Å². The van der Waals surface area contributed by atoms with Crippen molar-refractivity contribution in [2.75, 3.05) is 26.8 Å². The van der Waals surface area contributed by atoms with Crippen molar-refractivity contribution in [2.45, 2.75) is 6.04 Å². The number of hydrogen-bond donors (Lipinski definition) is 3. The maximum Gasteiger partial charge on any atom is 0.257 e. The van der Waals surface area contributed by atoms with Crippen molar-refractivity contribution in [3.05, 3.63) is 35.4 Å². The molecule has 0 aliphatic carbocycles. The zero-order chi connectivity index (χ0) is 15.8. The van der Waals surface area contributed by atoms with Gasteiger partial charge in [-0.25, -0.2) is 8.78 Å². The highest BCUT2D eigenvalue weighted by Crippen LogP contribution is 2.11. The van der Waals surface area contributed by atoms with Gasteiger partial charge in [0.2, 0.25) is 5.91 Å². The number of hydrogen-bond acceptors (Lipinski definition) is 4. The Bertz CT molecular complexity index is 491. The summed E-state index contributed by atoms with van der Waals surface area (Å²) in [5.41, 5.74) is 4.82. The molecule has 116 valence electrons. The van der Waals surface area contributed by atoms with Gasteiger partial charge in [0.25, 0.3) is 5.91 Å². The van der Waals surface area contributed by atoms with Crippen LogP contribution in [0.15, 0.2) is 18.2 Å². The Morgan fingerprint density at radius 3 is 2.38 bits per heavy atom. The van der Waals surface area contributed by atoms with Crippen LogP contribution in [-0.2, 0) is 9.53 Å². The molecule has 0 bridgehead atoms. The van der Waals surface area contributed by atoms with Gasteiger partial charge in [0, 0.05) is 20.2 Å². The maximum absolute atomic E-state index is 13.3. The molecule has 1 aromatic carbocycles. The number of carbonyl (C=O) groups is 2. The third kappa shape index (κ3) is 5.09. The second-order valence-electron chi connectivity index (χ2n) is 4.21. The maximum atomic E-state index is 13.3. The fourth-order valence-electron chi connectivity index (χ4n) is 1.55. The first-order valence-corrected chi connectivity index (χ1v) is 6.21. The number of ether oxygens (including phenoxy) is 1. The summed E-state index contributed by atoms with van der Waals surface area (Å²) in [6, 6.07) is 2.33. The average molecular weight is 301 g/mol. The molecule has 0 radical (unpaired) electrons. The molecule has 6 nitrogen and oxygen atoms in total. The van der Waals surface area contributed by atoms with E-state index in [-0.39, 0.29) is 19.7 Å². The number of rotatable bonds is 7. The highest BCUT2D eigenvalue weighted by Gasteiger charge is 2.16. The van der Waals surface area contributed by atoms with E-state index in [1.54, 1.807) is 0 Å². The van der Waals surface area contributed by atoms with Gasteiger partial charge in [0.1, 0.15) is 23.2 Å². The molecule has 0 fully saturated rings. The summed E-state index contributed by atoms with van der Waals surface area (Å²) in [4.78, 5) is 23.0. The number of nitrogens with two attached hydrogens (primary N) is 1. The lowest BCUT2D eigenvalue weighted by atomic mass is 10.2. The van der Waals surface area contributed by atoms with Gasteiger partial charge >= 0.3 is 0 Å². The fraction of sp³-hybridized carbons (Fsp3) is 0.385. The molecule has 0 heterocycles. The number of carbonyl (C=O) groups excluding carboxylic acids is 2. The second-order valence-corrected chi connectivity index (χ2v) is 4.21. The van der Waals surface area contributed by atoms with Crippen molar-refractivity contribution in [2.24, 2.45) is 5.73 Å². The summed E-state index contributed by atoms with van der Waals surface area (Å²) in [5, 5.41) is 4.76. The van der Waals surface area contributed by atoms with Crippen LogP contribution in [-0.4, -0.2) is 44.7 Å². The van der Waals surface area contributed by atoms with E-state index in [4.69, 9.17) is 10.5 Å². The van der Waals surface area contributed by atoms with Crippen LogP contribution in [0.1, 0.15) is 10.4 Å². The number of nitrogens with one attached hydrogen (secondary N) is 2. The molecule has 0 saturated heterocycles. The molecule has 1 rings (SSSR count). The molecule has 2 amide bonds. The van der Waals surface area contributed by atoms with Crippen LogP contribution in [0, 0.1) is 11.6 Å². The molecule has 0 aromatic heterocycles. The summed E-state index contributed by atoms with van der Waals surface area (Å²) in [6.07, 6.45) is 0. The van der Waals surface area contributed by atoms with Crippen molar-refractivity contribution >= 4 is 11.8 Å². The van der Waals surface area contributed by atoms with E-state index in [1.807, 2.05) is 0 Å². The van der Waals surface area contributed by atoms with E-state index in [0.29, 0.717) is 0 Å². The quantitative estimate of drug-likeness (QED) is 0.607. The standard InChI is InChI=1S/C13H17F2N3O3/c1-21-7-10(16)12(19)17-5-6-18-13(20)11-8(14)3-2-4-9(11)15/h2-4,10H,5-7,16H2,1H3,(H,17,19)(H,18,20). The smallest absolute Gasteiger partial charge is 0.257 e. The summed E-state index contributed by atoms with van der Waals surface area (Å²) >= 11 is 0. The Balaban J connectivity index is 2.39. The zero-order valence-electron chi connectivity index (χ0n) is 11.5. The number of methoxy groups -OCH3 is 1. The number of amides is 2. The Hall–Kier alpha value is -2.06. The number of halogens is 2. The van der Waals surface area contributed by atoms with E-state index in [9.17, 15) is 18.4 Å². The van der Waals surface area contributed by atoms with Crippen molar-refractivity contribution in [3.8, 4) is 0 Å². The van der Waals surface area contributed by atoms with Crippen LogP contribution >= 0.6 is 0 Å². The summed E-state index contributed by atoms with van der Waals surface area (Å²) in [6.45, 7) is 0.161. The molecule has 0 aliphatic rings. The van der Waals surface area contributed by atoms with Gasteiger partial charge < -0.3 is 21.1 Å². The molecule has 0 aliphatic heterocycles. The molecule has 21 heavy (non-hydrogen) atoms. The predicted octanol–water partition coefficient (Wildman–Crippen LogP) is -0.215. The molecule has 1 atom stereocenters. The lowest BCUT2D eigenvalue weighted by Crippen LogP contribution is -2.45. The minimum absolute atomic E-state index is 0.0120. The van der Waals surface area contributed by atoms with E-state index in [0.717, 1.165) is 12.1 Å². The second kappa shape index (κ2) is 8.28. The third-order valence-corrected chi connectivity index (χ3v) is 2.58. The molecule has 0 saturated carbocycles. The molecule has 1 unspecified atom stereocenters. The largest absolute Gasteiger partial charge is 0.383 e. The SMILES string of the molecule is COCC(N)C(=O)NCCNC(=O)c1c(F)cccc1F. The Labute approximate surface area is 120 Å². The topological polar surface area (TPSA) is 93.4 Å². The average Bonchev–Trinajstić information content (AvgIpc) is 2.43. The molecular formula is C13H17F2N3O3. The monoisotopic (exact) mass is 301 g/mol. The van der Waals surface area contributed by atoms with Crippen LogP contribution in [0.5, 0.6) is 0 Å². The predicted molar refractivity (Wildman–Crippen MR) is 71.6 cm³/mol. The van der Waals surface area contributed by atoms with E-state index >= 15 is 0 Å².